The summed E-state index contributed by atoms with van der Waals surface area (Å²) in [7, 11) is 0. The smallest absolute Gasteiger partial charge is 0.0797 e. The van der Waals surface area contributed by atoms with Gasteiger partial charge in [0.25, 0.3) is 0 Å². The molecule has 0 spiro atoms. The lowest BCUT2D eigenvalue weighted by Gasteiger charge is -2.04. The van der Waals surface area contributed by atoms with Crippen LogP contribution in [0.5, 0.6) is 0 Å². The maximum absolute atomic E-state index is 5.70. The predicted octanol–water partition coefficient (Wildman–Crippen LogP) is 5.54. The van der Waals surface area contributed by atoms with Gasteiger partial charge in [0.15, 0.2) is 0 Å². The third-order valence-corrected chi connectivity index (χ3v) is 4.71. The van der Waals surface area contributed by atoms with Gasteiger partial charge in [0, 0.05) is 17.9 Å². The molecule has 0 aliphatic heterocycles. The third kappa shape index (κ3) is 8.70. The predicted molar refractivity (Wildman–Crippen MR) is 88.6 cm³/mol. The molecule has 0 radical (unpaired) electrons. The van der Waals surface area contributed by atoms with Crippen molar-refractivity contribution in [1.82, 2.24) is 4.98 Å². The molecule has 1 rings (SSSR count). The summed E-state index contributed by atoms with van der Waals surface area (Å²) in [6, 6.07) is 0. The molecule has 0 aromatic carbocycles. The monoisotopic (exact) mass is 297 g/mol. The van der Waals surface area contributed by atoms with E-state index in [0.717, 1.165) is 19.6 Å². The molecule has 1 aromatic heterocycles. The molecule has 1 heterocycles. The van der Waals surface area contributed by atoms with Crippen molar-refractivity contribution < 1.29 is 4.74 Å². The van der Waals surface area contributed by atoms with Crippen LogP contribution in [-0.2, 0) is 11.2 Å². The summed E-state index contributed by atoms with van der Waals surface area (Å²) in [5, 5.41) is 0. The molecule has 0 unspecified atom stereocenters. The number of thiazole rings is 1. The number of aryl methyl sites for hydroxylation is 1. The second-order valence-corrected chi connectivity index (χ2v) is 6.49. The highest BCUT2D eigenvalue weighted by atomic mass is 32.1. The van der Waals surface area contributed by atoms with Crippen LogP contribution in [0.3, 0.4) is 0 Å². The molecule has 0 aliphatic carbocycles. The number of hydrogen-bond acceptors (Lipinski definition) is 3. The summed E-state index contributed by atoms with van der Waals surface area (Å²) in [6.45, 7) is 6.12. The summed E-state index contributed by atoms with van der Waals surface area (Å²) in [5.74, 6) is 0. The molecule has 0 atom stereocenters. The number of hydrogen-bond donors (Lipinski definition) is 0. The van der Waals surface area contributed by atoms with Crippen molar-refractivity contribution in [2.75, 3.05) is 13.2 Å². The van der Waals surface area contributed by atoms with Gasteiger partial charge in [-0.2, -0.15) is 0 Å². The van der Waals surface area contributed by atoms with E-state index in [1.807, 2.05) is 5.51 Å². The lowest BCUT2D eigenvalue weighted by molar-refractivity contribution is 0.133. The molecule has 0 amide bonds. The van der Waals surface area contributed by atoms with E-state index in [1.54, 1.807) is 11.3 Å². The zero-order valence-corrected chi connectivity index (χ0v) is 14.1. The maximum atomic E-state index is 5.70. The van der Waals surface area contributed by atoms with Crippen molar-refractivity contribution in [1.29, 1.82) is 0 Å². The Kier molecular flexibility index (Phi) is 10.9. The van der Waals surface area contributed by atoms with E-state index in [0.29, 0.717) is 0 Å². The van der Waals surface area contributed by atoms with Crippen LogP contribution in [0, 0.1) is 6.92 Å². The molecule has 3 heteroatoms. The zero-order chi connectivity index (χ0) is 14.5. The standard InChI is InChI=1S/C17H31NOS/c1-3-4-5-6-7-8-9-10-11-13-19-14-12-17-16(2)18-15-20-17/h15H,3-14H2,1-2H3. The van der Waals surface area contributed by atoms with Gasteiger partial charge < -0.3 is 4.74 Å². The van der Waals surface area contributed by atoms with E-state index < -0.39 is 0 Å². The van der Waals surface area contributed by atoms with Crippen LogP contribution in [0.25, 0.3) is 0 Å². The van der Waals surface area contributed by atoms with E-state index in [1.165, 1.54) is 68.4 Å². The summed E-state index contributed by atoms with van der Waals surface area (Å²) in [6.07, 6.45) is 13.4. The fourth-order valence-electron chi connectivity index (χ4n) is 2.35. The minimum Gasteiger partial charge on any atom is -0.381 e. The van der Waals surface area contributed by atoms with Gasteiger partial charge in [-0.25, -0.2) is 4.98 Å². The van der Waals surface area contributed by atoms with Crippen LogP contribution in [0.1, 0.15) is 75.3 Å². The van der Waals surface area contributed by atoms with E-state index in [2.05, 4.69) is 18.8 Å². The van der Waals surface area contributed by atoms with Crippen LogP contribution >= 0.6 is 11.3 Å². The highest BCUT2D eigenvalue weighted by molar-refractivity contribution is 7.09. The first kappa shape index (κ1) is 17.6. The Balaban J connectivity index is 1.78. The van der Waals surface area contributed by atoms with Gasteiger partial charge in [-0.15, -0.1) is 11.3 Å². The molecule has 0 fully saturated rings. The normalized spacial score (nSPS) is 11.1. The molecule has 20 heavy (non-hydrogen) atoms. The first-order valence-corrected chi connectivity index (χ1v) is 9.19. The first-order chi connectivity index (χ1) is 9.84. The number of nitrogens with zero attached hydrogens (tertiary/aromatic N) is 1. The van der Waals surface area contributed by atoms with Crippen molar-refractivity contribution in [3.05, 3.63) is 16.1 Å². The Morgan fingerprint density at radius 3 is 2.20 bits per heavy atom. The minimum absolute atomic E-state index is 0.847. The second-order valence-electron chi connectivity index (χ2n) is 5.55. The van der Waals surface area contributed by atoms with Crippen molar-refractivity contribution in [3.8, 4) is 0 Å². The second kappa shape index (κ2) is 12.3. The summed E-state index contributed by atoms with van der Waals surface area (Å²) in [5.41, 5.74) is 3.09. The lowest BCUT2D eigenvalue weighted by atomic mass is 10.1. The van der Waals surface area contributed by atoms with E-state index >= 15 is 0 Å². The van der Waals surface area contributed by atoms with Crippen molar-refractivity contribution >= 4 is 11.3 Å². The highest BCUT2D eigenvalue weighted by Gasteiger charge is 2.00. The molecule has 116 valence electrons. The molecule has 0 saturated heterocycles. The first-order valence-electron chi connectivity index (χ1n) is 8.31. The van der Waals surface area contributed by atoms with Crippen LogP contribution < -0.4 is 0 Å². The molecule has 2 nitrogen and oxygen atoms in total. The van der Waals surface area contributed by atoms with Gasteiger partial charge in [0.05, 0.1) is 17.8 Å². The SMILES string of the molecule is CCCCCCCCCCCOCCc1scnc1C. The van der Waals surface area contributed by atoms with E-state index in [9.17, 15) is 0 Å². The maximum Gasteiger partial charge on any atom is 0.0797 e. The third-order valence-electron chi connectivity index (χ3n) is 3.71. The Hall–Kier alpha value is -0.410. The number of ether oxygens (including phenoxy) is 1. The van der Waals surface area contributed by atoms with E-state index in [4.69, 9.17) is 4.74 Å². The number of rotatable bonds is 13. The van der Waals surface area contributed by atoms with Crippen molar-refractivity contribution in [2.24, 2.45) is 0 Å². The molecule has 0 saturated carbocycles. The molecule has 1 aromatic rings. The van der Waals surface area contributed by atoms with Gasteiger partial charge in [-0.05, 0) is 13.3 Å². The fraction of sp³-hybridized carbons (Fsp3) is 0.824. The van der Waals surface area contributed by atoms with E-state index in [-0.39, 0.29) is 0 Å². The van der Waals surface area contributed by atoms with Gasteiger partial charge in [0.2, 0.25) is 0 Å². The summed E-state index contributed by atoms with van der Waals surface area (Å²) < 4.78 is 5.70. The number of aromatic nitrogens is 1. The topological polar surface area (TPSA) is 22.1 Å². The quantitative estimate of drug-likeness (QED) is 0.446. The summed E-state index contributed by atoms with van der Waals surface area (Å²) >= 11 is 1.74. The average molecular weight is 298 g/mol. The highest BCUT2D eigenvalue weighted by Crippen LogP contribution is 2.13. The van der Waals surface area contributed by atoms with Crippen LogP contribution in [0.2, 0.25) is 0 Å². The van der Waals surface area contributed by atoms with Crippen LogP contribution in [-0.4, -0.2) is 18.2 Å². The van der Waals surface area contributed by atoms with Gasteiger partial charge >= 0.3 is 0 Å². The van der Waals surface area contributed by atoms with Gasteiger partial charge in [0.1, 0.15) is 0 Å². The van der Waals surface area contributed by atoms with Crippen LogP contribution in [0.15, 0.2) is 5.51 Å². The minimum atomic E-state index is 0.847. The Morgan fingerprint density at radius 1 is 0.950 bits per heavy atom. The summed E-state index contributed by atoms with van der Waals surface area (Å²) in [4.78, 5) is 5.63. The molecular formula is C17H31NOS. The lowest BCUT2D eigenvalue weighted by Crippen LogP contribution is -2.00. The Morgan fingerprint density at radius 2 is 1.60 bits per heavy atom. The van der Waals surface area contributed by atoms with Gasteiger partial charge in [-0.1, -0.05) is 58.3 Å². The molecule has 0 bridgehead atoms. The fourth-order valence-corrected chi connectivity index (χ4v) is 3.11. The number of unbranched alkanes of at least 4 members (excludes halogenated alkanes) is 8. The largest absolute Gasteiger partial charge is 0.381 e. The Labute approximate surface area is 129 Å². The molecular weight excluding hydrogens is 266 g/mol. The van der Waals surface area contributed by atoms with Crippen LogP contribution in [0.4, 0.5) is 0 Å². The van der Waals surface area contributed by atoms with Crippen molar-refractivity contribution in [2.45, 2.75) is 78.1 Å². The van der Waals surface area contributed by atoms with Gasteiger partial charge in [-0.3, -0.25) is 0 Å². The zero-order valence-electron chi connectivity index (χ0n) is 13.3. The molecule has 0 aliphatic rings. The average Bonchev–Trinajstić information content (AvgIpc) is 2.85. The van der Waals surface area contributed by atoms with Crippen molar-refractivity contribution in [3.63, 3.8) is 0 Å². The molecule has 0 N–H and O–H groups in total. The Bertz CT molecular complexity index is 325.